The summed E-state index contributed by atoms with van der Waals surface area (Å²) in [4.78, 5) is 20.8. The summed E-state index contributed by atoms with van der Waals surface area (Å²) >= 11 is 0. The number of anilines is 1. The van der Waals surface area contributed by atoms with Gasteiger partial charge in [0.05, 0.1) is 12.5 Å². The van der Waals surface area contributed by atoms with Crippen molar-refractivity contribution < 1.29 is 22.7 Å². The van der Waals surface area contributed by atoms with Crippen LogP contribution in [-0.2, 0) is 4.79 Å². The second-order valence-electron chi connectivity index (χ2n) is 8.37. The number of benzene rings is 1. The van der Waals surface area contributed by atoms with E-state index in [1.54, 1.807) is 11.8 Å². The van der Waals surface area contributed by atoms with Gasteiger partial charge in [0.1, 0.15) is 12.1 Å². The van der Waals surface area contributed by atoms with Crippen LogP contribution in [0.25, 0.3) is 0 Å². The highest BCUT2D eigenvalue weighted by molar-refractivity contribution is 5.76. The van der Waals surface area contributed by atoms with Crippen molar-refractivity contribution in [3.05, 3.63) is 47.5 Å². The fourth-order valence-corrected chi connectivity index (χ4v) is 3.80. The minimum absolute atomic E-state index is 0.130. The average Bonchev–Trinajstić information content (AvgIpc) is 3.27. The third-order valence-electron chi connectivity index (χ3n) is 5.87. The van der Waals surface area contributed by atoms with Crippen LogP contribution in [0, 0.1) is 11.7 Å². The first kappa shape index (κ1) is 20.6. The Kier molecular flexibility index (Phi) is 5.42. The fraction of sp³-hybridized carbons (Fsp3) is 0.500. The molecule has 0 amide bonds. The summed E-state index contributed by atoms with van der Waals surface area (Å²) in [7, 11) is 0. The number of nitrogens with zero attached hydrogens (tertiary/aromatic N) is 3. The van der Waals surface area contributed by atoms with Crippen molar-refractivity contribution in [2.75, 3.05) is 24.6 Å². The molecule has 1 aliphatic carbocycles. The minimum Gasteiger partial charge on any atom is -0.475 e. The standard InChI is InChI=1S/C22H24F3N3O2/c1-13(7-14(2)29)15-3-5-16(6-4-15)17-9-28(10-17)20-19(23)21(27-12-26-20)30-11-18-8-22(18,24)25/h3-6,12-13,17-18H,7-11H2,1-2H3/t13-,18?/m1/s1. The normalized spacial score (nSPS) is 21.1. The lowest BCUT2D eigenvalue weighted by molar-refractivity contribution is -0.117. The molecule has 1 aromatic carbocycles. The molecule has 2 aromatic rings. The second-order valence-corrected chi connectivity index (χ2v) is 8.37. The van der Waals surface area contributed by atoms with Gasteiger partial charge in [-0.2, -0.15) is 9.37 Å². The molecule has 2 aliphatic rings. The van der Waals surface area contributed by atoms with Gasteiger partial charge in [-0.25, -0.2) is 13.8 Å². The third kappa shape index (κ3) is 4.27. The van der Waals surface area contributed by atoms with Crippen molar-refractivity contribution >= 4 is 11.6 Å². The van der Waals surface area contributed by atoms with Gasteiger partial charge in [0.15, 0.2) is 5.82 Å². The van der Waals surface area contributed by atoms with Crippen LogP contribution in [0.4, 0.5) is 19.0 Å². The number of carbonyl (C=O) groups excluding carboxylic acids is 1. The van der Waals surface area contributed by atoms with Crippen molar-refractivity contribution in [3.63, 3.8) is 0 Å². The molecular weight excluding hydrogens is 395 g/mol. The maximum atomic E-state index is 14.7. The van der Waals surface area contributed by atoms with Crippen LogP contribution in [0.5, 0.6) is 5.88 Å². The number of ether oxygens (including phenoxy) is 1. The monoisotopic (exact) mass is 419 g/mol. The Labute approximate surface area is 173 Å². The number of Topliss-reactive ketones (excluding diaryl/α,β-unsaturated/α-hetero) is 1. The highest BCUT2D eigenvalue weighted by Crippen LogP contribution is 2.48. The number of alkyl halides is 2. The fourth-order valence-electron chi connectivity index (χ4n) is 3.80. The van der Waals surface area contributed by atoms with Gasteiger partial charge in [-0.05, 0) is 24.0 Å². The van der Waals surface area contributed by atoms with Gasteiger partial charge in [0, 0.05) is 31.8 Å². The number of carbonyl (C=O) groups is 1. The lowest BCUT2D eigenvalue weighted by Gasteiger charge is -2.40. The molecule has 0 spiro atoms. The molecule has 5 nitrogen and oxygen atoms in total. The maximum absolute atomic E-state index is 14.7. The van der Waals surface area contributed by atoms with Gasteiger partial charge in [-0.15, -0.1) is 0 Å². The van der Waals surface area contributed by atoms with Crippen LogP contribution in [0.2, 0.25) is 0 Å². The van der Waals surface area contributed by atoms with E-state index < -0.39 is 17.7 Å². The molecule has 1 saturated carbocycles. The summed E-state index contributed by atoms with van der Waals surface area (Å²) < 4.78 is 45.8. The molecule has 1 aliphatic heterocycles. The Bertz CT molecular complexity index is 930. The number of aromatic nitrogens is 2. The van der Waals surface area contributed by atoms with Crippen molar-refractivity contribution in [3.8, 4) is 5.88 Å². The Morgan fingerprint density at radius 1 is 1.27 bits per heavy atom. The van der Waals surface area contributed by atoms with Crippen LogP contribution in [0.3, 0.4) is 0 Å². The van der Waals surface area contributed by atoms with Crippen molar-refractivity contribution in [1.29, 1.82) is 0 Å². The molecule has 1 aromatic heterocycles. The van der Waals surface area contributed by atoms with Crippen molar-refractivity contribution in [2.45, 2.75) is 44.4 Å². The first-order valence-electron chi connectivity index (χ1n) is 10.1. The molecule has 0 bridgehead atoms. The summed E-state index contributed by atoms with van der Waals surface area (Å²) in [6, 6.07) is 8.18. The zero-order chi connectivity index (χ0) is 21.5. The van der Waals surface area contributed by atoms with E-state index in [4.69, 9.17) is 4.74 Å². The zero-order valence-corrected chi connectivity index (χ0v) is 16.9. The van der Waals surface area contributed by atoms with E-state index >= 15 is 0 Å². The van der Waals surface area contributed by atoms with E-state index in [1.807, 2.05) is 19.1 Å². The van der Waals surface area contributed by atoms with E-state index in [2.05, 4.69) is 22.1 Å². The number of rotatable bonds is 8. The van der Waals surface area contributed by atoms with E-state index in [-0.39, 0.29) is 42.3 Å². The minimum atomic E-state index is -2.71. The van der Waals surface area contributed by atoms with E-state index in [0.717, 1.165) is 11.1 Å². The molecule has 30 heavy (non-hydrogen) atoms. The van der Waals surface area contributed by atoms with Crippen molar-refractivity contribution in [1.82, 2.24) is 9.97 Å². The van der Waals surface area contributed by atoms with Crippen LogP contribution in [0.1, 0.15) is 49.7 Å². The van der Waals surface area contributed by atoms with Crippen LogP contribution < -0.4 is 9.64 Å². The van der Waals surface area contributed by atoms with Gasteiger partial charge < -0.3 is 14.4 Å². The molecular formula is C22H24F3N3O2. The average molecular weight is 419 g/mol. The Morgan fingerprint density at radius 3 is 2.53 bits per heavy atom. The Hall–Kier alpha value is -2.64. The topological polar surface area (TPSA) is 55.3 Å². The molecule has 4 rings (SSSR count). The quantitative estimate of drug-likeness (QED) is 0.637. The van der Waals surface area contributed by atoms with Crippen LogP contribution in [-0.4, -0.2) is 41.4 Å². The molecule has 1 unspecified atom stereocenters. The van der Waals surface area contributed by atoms with E-state index in [9.17, 15) is 18.0 Å². The number of hydrogen-bond acceptors (Lipinski definition) is 5. The summed E-state index contributed by atoms with van der Waals surface area (Å²) in [6.07, 6.45) is 1.48. The highest BCUT2D eigenvalue weighted by atomic mass is 19.3. The molecule has 8 heteroatoms. The number of hydrogen-bond donors (Lipinski definition) is 0. The first-order chi connectivity index (χ1) is 14.2. The lowest BCUT2D eigenvalue weighted by Crippen LogP contribution is -2.46. The van der Waals surface area contributed by atoms with Gasteiger partial charge in [0.25, 0.3) is 11.8 Å². The predicted octanol–water partition coefficient (Wildman–Crippen LogP) is 4.34. The van der Waals surface area contributed by atoms with Crippen molar-refractivity contribution in [2.24, 2.45) is 5.92 Å². The second kappa shape index (κ2) is 7.89. The third-order valence-corrected chi connectivity index (χ3v) is 5.87. The number of halogens is 3. The maximum Gasteiger partial charge on any atom is 0.255 e. The molecule has 2 atom stereocenters. The first-order valence-corrected chi connectivity index (χ1v) is 10.1. The van der Waals surface area contributed by atoms with Crippen LogP contribution in [0.15, 0.2) is 30.6 Å². The van der Waals surface area contributed by atoms with E-state index in [0.29, 0.717) is 19.5 Å². The summed E-state index contributed by atoms with van der Waals surface area (Å²) in [5, 5.41) is 0. The molecule has 160 valence electrons. The predicted molar refractivity (Wildman–Crippen MR) is 106 cm³/mol. The molecule has 2 fully saturated rings. The van der Waals surface area contributed by atoms with Gasteiger partial charge in [0.2, 0.25) is 5.82 Å². The van der Waals surface area contributed by atoms with Crippen LogP contribution >= 0.6 is 0 Å². The summed E-state index contributed by atoms with van der Waals surface area (Å²) in [5.41, 5.74) is 2.27. The SMILES string of the molecule is CC(=O)C[C@@H](C)c1ccc(C2CN(c3ncnc(OCC4CC4(F)F)c3F)C2)cc1. The highest BCUT2D eigenvalue weighted by Gasteiger charge is 2.57. The largest absolute Gasteiger partial charge is 0.475 e. The molecule has 0 radical (unpaired) electrons. The van der Waals surface area contributed by atoms with E-state index in [1.165, 1.54) is 6.33 Å². The summed E-state index contributed by atoms with van der Waals surface area (Å²) in [5.74, 6) is -3.86. The van der Waals surface area contributed by atoms with Gasteiger partial charge >= 0.3 is 0 Å². The lowest BCUT2D eigenvalue weighted by atomic mass is 9.88. The van der Waals surface area contributed by atoms with Gasteiger partial charge in [-0.1, -0.05) is 31.2 Å². The zero-order valence-electron chi connectivity index (χ0n) is 16.9. The molecule has 2 heterocycles. The Balaban J connectivity index is 1.35. The number of ketones is 1. The smallest absolute Gasteiger partial charge is 0.255 e. The Morgan fingerprint density at radius 2 is 1.93 bits per heavy atom. The summed E-state index contributed by atoms with van der Waals surface area (Å²) in [6.45, 7) is 4.56. The molecule has 0 N–H and O–H groups in total. The molecule has 1 saturated heterocycles. The van der Waals surface area contributed by atoms with Gasteiger partial charge in [-0.3, -0.25) is 0 Å².